The summed E-state index contributed by atoms with van der Waals surface area (Å²) in [6, 6.07) is 11.0. The van der Waals surface area contributed by atoms with E-state index in [4.69, 9.17) is 27.9 Å². The first-order chi connectivity index (χ1) is 17.2. The van der Waals surface area contributed by atoms with Gasteiger partial charge in [-0.15, -0.1) is 11.3 Å². The monoisotopic (exact) mass is 564 g/mol. The lowest BCUT2D eigenvalue weighted by molar-refractivity contribution is -0.114. The Morgan fingerprint density at radius 1 is 1.22 bits per heavy atom. The van der Waals surface area contributed by atoms with Crippen LogP contribution in [0.5, 0.6) is 0 Å². The van der Waals surface area contributed by atoms with Gasteiger partial charge in [-0.3, -0.25) is 4.79 Å². The Bertz CT molecular complexity index is 1610. The van der Waals surface area contributed by atoms with Crippen LogP contribution in [0.25, 0.3) is 17.0 Å². The van der Waals surface area contributed by atoms with Gasteiger partial charge < -0.3 is 9.30 Å². The van der Waals surface area contributed by atoms with E-state index in [9.17, 15) is 17.6 Å². The first-order valence-electron chi connectivity index (χ1n) is 10.9. The Hall–Kier alpha value is -2.69. The van der Waals surface area contributed by atoms with Crippen LogP contribution in [0, 0.1) is 5.82 Å². The summed E-state index contributed by atoms with van der Waals surface area (Å²) in [7, 11) is -3.98. The molecule has 0 saturated carbocycles. The molecule has 2 aromatic carbocycles. The third-order valence-electron chi connectivity index (χ3n) is 5.86. The number of rotatable bonds is 6. The first-order valence-corrected chi connectivity index (χ1v) is 14.0. The number of hydrogen-bond acceptors (Lipinski definition) is 5. The lowest BCUT2D eigenvalue weighted by atomic mass is 10.1. The molecule has 5 rings (SSSR count). The minimum absolute atomic E-state index is 0.0267. The second kappa shape index (κ2) is 9.99. The topological polar surface area (TPSA) is 77.4 Å². The lowest BCUT2D eigenvalue weighted by Crippen LogP contribution is -2.28. The van der Waals surface area contributed by atoms with Gasteiger partial charge in [0.05, 0.1) is 18.7 Å². The maximum atomic E-state index is 14.7. The molecule has 0 radical (unpaired) electrons. The zero-order valence-corrected chi connectivity index (χ0v) is 21.8. The highest BCUT2D eigenvalue weighted by atomic mass is 35.5. The predicted molar refractivity (Wildman–Crippen MR) is 140 cm³/mol. The molecule has 2 aromatic heterocycles. The Labute approximate surface area is 221 Å². The quantitative estimate of drug-likeness (QED) is 0.301. The summed E-state index contributed by atoms with van der Waals surface area (Å²) in [4.78, 5) is 12.5. The van der Waals surface area contributed by atoms with Gasteiger partial charge in [0, 0.05) is 51.3 Å². The number of carbonyl (C=O) groups excluding carboxylic acids is 1. The SMILES string of the molecule is O=C(/C=C/c1cc(F)cc2c3c(n(Cc4ccc(Cl)cc4Cl)c12)CCOC3)NS(=O)(=O)c1cccs1. The molecule has 0 aliphatic carbocycles. The number of amides is 1. The number of fused-ring (bicyclic) bond motifs is 3. The van der Waals surface area contributed by atoms with E-state index in [1.54, 1.807) is 23.6 Å². The van der Waals surface area contributed by atoms with E-state index in [1.807, 2.05) is 15.4 Å². The van der Waals surface area contributed by atoms with Gasteiger partial charge in [-0.25, -0.2) is 17.5 Å². The molecule has 1 aliphatic rings. The van der Waals surface area contributed by atoms with E-state index in [-0.39, 0.29) is 4.21 Å². The number of benzene rings is 2. The van der Waals surface area contributed by atoms with Crippen molar-refractivity contribution in [2.75, 3.05) is 6.61 Å². The predicted octanol–water partition coefficient (Wildman–Crippen LogP) is 5.79. The fraction of sp³-hybridized carbons (Fsp3) is 0.160. The summed E-state index contributed by atoms with van der Waals surface area (Å²) >= 11 is 13.5. The van der Waals surface area contributed by atoms with E-state index >= 15 is 0 Å². The van der Waals surface area contributed by atoms with E-state index in [1.165, 1.54) is 24.3 Å². The minimum Gasteiger partial charge on any atom is -0.376 e. The molecule has 36 heavy (non-hydrogen) atoms. The van der Waals surface area contributed by atoms with Gasteiger partial charge in [0.15, 0.2) is 0 Å². The van der Waals surface area contributed by atoms with Gasteiger partial charge in [-0.1, -0.05) is 35.3 Å². The highest BCUT2D eigenvalue weighted by Crippen LogP contribution is 2.35. The maximum absolute atomic E-state index is 14.7. The summed E-state index contributed by atoms with van der Waals surface area (Å²) in [5.41, 5.74) is 3.81. The van der Waals surface area contributed by atoms with Crippen LogP contribution in [0.4, 0.5) is 4.39 Å². The van der Waals surface area contributed by atoms with Crippen LogP contribution < -0.4 is 4.72 Å². The van der Waals surface area contributed by atoms with Crippen LogP contribution in [0.1, 0.15) is 22.4 Å². The number of sulfonamides is 1. The number of carbonyl (C=O) groups is 1. The molecule has 0 unspecified atom stereocenters. The third-order valence-corrected chi connectivity index (χ3v) is 9.19. The molecule has 0 fully saturated rings. The molecular formula is C25H19Cl2FN2O4S2. The minimum atomic E-state index is -3.98. The smallest absolute Gasteiger partial charge is 0.273 e. The Morgan fingerprint density at radius 3 is 2.81 bits per heavy atom. The molecule has 1 aliphatic heterocycles. The number of ether oxygens (including phenoxy) is 1. The largest absolute Gasteiger partial charge is 0.376 e. The molecule has 0 spiro atoms. The zero-order chi connectivity index (χ0) is 25.4. The van der Waals surface area contributed by atoms with Crippen LogP contribution in [0.2, 0.25) is 10.0 Å². The van der Waals surface area contributed by atoms with Crippen molar-refractivity contribution in [1.29, 1.82) is 0 Å². The van der Waals surface area contributed by atoms with Crippen LogP contribution in [0.3, 0.4) is 0 Å². The molecule has 0 atom stereocenters. The van der Waals surface area contributed by atoms with Crippen LogP contribution in [0.15, 0.2) is 58.1 Å². The second-order valence-corrected chi connectivity index (χ2v) is 11.9. The summed E-state index contributed by atoms with van der Waals surface area (Å²) < 4.78 is 49.2. The third kappa shape index (κ3) is 4.94. The Kier molecular flexibility index (Phi) is 6.93. The molecule has 4 aromatic rings. The Morgan fingerprint density at radius 2 is 2.06 bits per heavy atom. The average molecular weight is 565 g/mol. The van der Waals surface area contributed by atoms with Gasteiger partial charge in [0.2, 0.25) is 0 Å². The number of thiophene rings is 1. The standard InChI is InChI=1S/C25H19Cl2FN2O4S2/c26-17-5-3-16(21(27)11-17)13-30-22-7-8-34-14-20(22)19-12-18(28)10-15(25(19)30)4-6-23(31)29-36(32,33)24-2-1-9-35-24/h1-6,9-12H,7-8,13-14H2,(H,29,31)/b6-4+. The van der Waals surface area contributed by atoms with Gasteiger partial charge in [-0.2, -0.15) is 0 Å². The van der Waals surface area contributed by atoms with Crippen LogP contribution >= 0.6 is 34.5 Å². The average Bonchev–Trinajstić information content (AvgIpc) is 3.47. The van der Waals surface area contributed by atoms with Crippen molar-refractivity contribution < 1.29 is 22.3 Å². The summed E-state index contributed by atoms with van der Waals surface area (Å²) in [5, 5.41) is 3.29. The summed E-state index contributed by atoms with van der Waals surface area (Å²) in [6.07, 6.45) is 3.12. The van der Waals surface area contributed by atoms with E-state index in [2.05, 4.69) is 0 Å². The van der Waals surface area contributed by atoms with Crippen molar-refractivity contribution in [3.8, 4) is 0 Å². The normalized spacial score (nSPS) is 13.9. The fourth-order valence-corrected chi connectivity index (χ4v) is 6.72. The fourth-order valence-electron chi connectivity index (χ4n) is 4.32. The van der Waals surface area contributed by atoms with Gasteiger partial charge in [0.1, 0.15) is 10.0 Å². The second-order valence-electron chi connectivity index (χ2n) is 8.18. The van der Waals surface area contributed by atoms with E-state index in [0.29, 0.717) is 52.7 Å². The number of nitrogens with zero attached hydrogens (tertiary/aromatic N) is 1. The molecule has 6 nitrogen and oxygen atoms in total. The highest BCUT2D eigenvalue weighted by molar-refractivity contribution is 7.92. The van der Waals surface area contributed by atoms with E-state index in [0.717, 1.165) is 34.2 Å². The molecule has 3 heterocycles. The summed E-state index contributed by atoms with van der Waals surface area (Å²) in [5.74, 6) is -1.32. The molecule has 186 valence electrons. The van der Waals surface area contributed by atoms with Crippen molar-refractivity contribution >= 4 is 67.4 Å². The molecule has 0 bridgehead atoms. The van der Waals surface area contributed by atoms with Gasteiger partial charge >= 0.3 is 0 Å². The van der Waals surface area contributed by atoms with Gasteiger partial charge in [-0.05, 0) is 47.4 Å². The van der Waals surface area contributed by atoms with Crippen molar-refractivity contribution in [1.82, 2.24) is 9.29 Å². The van der Waals surface area contributed by atoms with Crippen molar-refractivity contribution in [3.05, 3.63) is 92.2 Å². The van der Waals surface area contributed by atoms with Crippen LogP contribution in [-0.4, -0.2) is 25.5 Å². The number of aromatic nitrogens is 1. The Balaban J connectivity index is 1.57. The van der Waals surface area contributed by atoms with Gasteiger partial charge in [0.25, 0.3) is 15.9 Å². The molecule has 11 heteroatoms. The lowest BCUT2D eigenvalue weighted by Gasteiger charge is -2.17. The number of halogens is 3. The zero-order valence-electron chi connectivity index (χ0n) is 18.6. The summed E-state index contributed by atoms with van der Waals surface area (Å²) in [6.45, 7) is 1.25. The van der Waals surface area contributed by atoms with E-state index < -0.39 is 21.7 Å². The number of nitrogens with one attached hydrogen (secondary N) is 1. The number of hydrogen-bond donors (Lipinski definition) is 1. The highest BCUT2D eigenvalue weighted by Gasteiger charge is 2.24. The molecular weight excluding hydrogens is 546 g/mol. The van der Waals surface area contributed by atoms with Crippen molar-refractivity contribution in [2.24, 2.45) is 0 Å². The maximum Gasteiger partial charge on any atom is 0.273 e. The molecule has 1 N–H and O–H groups in total. The molecule has 1 amide bonds. The van der Waals surface area contributed by atoms with Crippen LogP contribution in [-0.2, 0) is 39.1 Å². The van der Waals surface area contributed by atoms with Crippen molar-refractivity contribution in [3.63, 3.8) is 0 Å². The van der Waals surface area contributed by atoms with Crippen molar-refractivity contribution in [2.45, 2.75) is 23.8 Å². The molecule has 0 saturated heterocycles. The first kappa shape index (κ1) is 25.0.